The molecule has 0 saturated carbocycles. The third-order valence-electron chi connectivity index (χ3n) is 1.87. The molecule has 0 aliphatic carbocycles. The van der Waals surface area contributed by atoms with Crippen LogP contribution in [-0.2, 0) is 9.53 Å². The molecule has 5 nitrogen and oxygen atoms in total. The second-order valence-corrected chi connectivity index (χ2v) is 4.91. The lowest BCUT2D eigenvalue weighted by atomic mass is 10.1. The molecule has 0 saturated heterocycles. The standard InChI is InChI=1S/C11H23NO4.ClH/c1-11(2,3)16-10(15)7-9(14)6-8(13)4-5-12;/h8-9,13-14H,4-7,12H2,1-3H3;1H/t8-,9-;/m1./s1. The Labute approximate surface area is 109 Å². The highest BCUT2D eigenvalue weighted by atomic mass is 35.5. The Morgan fingerprint density at radius 1 is 1.29 bits per heavy atom. The summed E-state index contributed by atoms with van der Waals surface area (Å²) in [7, 11) is 0. The molecule has 0 aliphatic rings. The van der Waals surface area contributed by atoms with Crippen LogP contribution < -0.4 is 5.73 Å². The number of hydrogen-bond acceptors (Lipinski definition) is 5. The fourth-order valence-electron chi connectivity index (χ4n) is 1.28. The summed E-state index contributed by atoms with van der Waals surface area (Å²) in [5.41, 5.74) is 4.71. The average molecular weight is 270 g/mol. The third kappa shape index (κ3) is 11.9. The molecule has 0 aliphatic heterocycles. The van der Waals surface area contributed by atoms with Gasteiger partial charge in [-0.1, -0.05) is 0 Å². The Bertz CT molecular complexity index is 218. The molecule has 0 aromatic rings. The van der Waals surface area contributed by atoms with Gasteiger partial charge < -0.3 is 20.7 Å². The summed E-state index contributed by atoms with van der Waals surface area (Å²) in [6.07, 6.45) is -1.07. The molecule has 0 radical (unpaired) electrons. The first-order valence-electron chi connectivity index (χ1n) is 5.52. The predicted molar refractivity (Wildman–Crippen MR) is 68.0 cm³/mol. The van der Waals surface area contributed by atoms with Gasteiger partial charge in [-0.3, -0.25) is 4.79 Å². The molecular formula is C11H24ClNO4. The van der Waals surface area contributed by atoms with Crippen LogP contribution in [0.5, 0.6) is 0 Å². The van der Waals surface area contributed by atoms with E-state index in [0.717, 1.165) is 0 Å². The van der Waals surface area contributed by atoms with E-state index in [4.69, 9.17) is 10.5 Å². The minimum atomic E-state index is -0.878. The van der Waals surface area contributed by atoms with Gasteiger partial charge in [-0.2, -0.15) is 0 Å². The van der Waals surface area contributed by atoms with Gasteiger partial charge in [0.2, 0.25) is 0 Å². The molecule has 0 fully saturated rings. The zero-order valence-electron chi connectivity index (χ0n) is 10.7. The van der Waals surface area contributed by atoms with Crippen molar-refractivity contribution in [3.63, 3.8) is 0 Å². The van der Waals surface area contributed by atoms with Crippen molar-refractivity contribution in [3.8, 4) is 0 Å². The fourth-order valence-corrected chi connectivity index (χ4v) is 1.28. The normalized spacial score (nSPS) is 14.7. The number of rotatable bonds is 6. The van der Waals surface area contributed by atoms with E-state index in [1.165, 1.54) is 0 Å². The maximum absolute atomic E-state index is 11.3. The van der Waals surface area contributed by atoms with Crippen molar-refractivity contribution in [1.29, 1.82) is 0 Å². The molecule has 0 unspecified atom stereocenters. The van der Waals surface area contributed by atoms with E-state index in [1.807, 2.05) is 0 Å². The lowest BCUT2D eigenvalue weighted by Crippen LogP contribution is -2.28. The molecular weight excluding hydrogens is 246 g/mol. The number of halogens is 1. The van der Waals surface area contributed by atoms with Crippen molar-refractivity contribution in [2.24, 2.45) is 5.73 Å². The Morgan fingerprint density at radius 3 is 2.24 bits per heavy atom. The lowest BCUT2D eigenvalue weighted by molar-refractivity contribution is -0.157. The third-order valence-corrected chi connectivity index (χ3v) is 1.87. The minimum absolute atomic E-state index is 0. The van der Waals surface area contributed by atoms with Gasteiger partial charge in [-0.05, 0) is 40.2 Å². The Balaban J connectivity index is 0. The number of esters is 1. The zero-order valence-corrected chi connectivity index (χ0v) is 11.5. The van der Waals surface area contributed by atoms with Gasteiger partial charge in [0.1, 0.15) is 5.60 Å². The van der Waals surface area contributed by atoms with Crippen molar-refractivity contribution < 1.29 is 19.7 Å². The average Bonchev–Trinajstić information content (AvgIpc) is 1.98. The van der Waals surface area contributed by atoms with Crippen molar-refractivity contribution in [1.82, 2.24) is 0 Å². The van der Waals surface area contributed by atoms with Crippen LogP contribution in [0.25, 0.3) is 0 Å². The van der Waals surface area contributed by atoms with Gasteiger partial charge in [0, 0.05) is 0 Å². The highest BCUT2D eigenvalue weighted by molar-refractivity contribution is 5.85. The van der Waals surface area contributed by atoms with Crippen LogP contribution in [0.15, 0.2) is 0 Å². The Kier molecular flexibility index (Phi) is 9.71. The topological polar surface area (TPSA) is 92.8 Å². The molecule has 0 aromatic heterocycles. The second kappa shape index (κ2) is 8.69. The molecule has 0 rings (SSSR count). The summed E-state index contributed by atoms with van der Waals surface area (Å²) in [5.74, 6) is -0.458. The van der Waals surface area contributed by atoms with Crippen LogP contribution in [0.3, 0.4) is 0 Å². The summed E-state index contributed by atoms with van der Waals surface area (Å²) in [5, 5.41) is 18.9. The Morgan fingerprint density at radius 2 is 1.82 bits per heavy atom. The van der Waals surface area contributed by atoms with Gasteiger partial charge in [0.25, 0.3) is 0 Å². The first-order chi connectivity index (χ1) is 7.24. The SMILES string of the molecule is CC(C)(C)OC(=O)C[C@H](O)C[C@H](O)CCN.Cl. The number of hydrogen-bond donors (Lipinski definition) is 3. The van der Waals surface area contributed by atoms with Crippen LogP contribution >= 0.6 is 12.4 Å². The molecule has 0 spiro atoms. The van der Waals surface area contributed by atoms with Gasteiger partial charge in [-0.15, -0.1) is 12.4 Å². The summed E-state index contributed by atoms with van der Waals surface area (Å²) >= 11 is 0. The van der Waals surface area contributed by atoms with Crippen LogP contribution in [-0.4, -0.2) is 40.5 Å². The minimum Gasteiger partial charge on any atom is -0.460 e. The number of aliphatic hydroxyl groups excluding tert-OH is 2. The summed E-state index contributed by atoms with van der Waals surface area (Å²) < 4.78 is 5.04. The monoisotopic (exact) mass is 269 g/mol. The van der Waals surface area contributed by atoms with E-state index >= 15 is 0 Å². The number of nitrogens with two attached hydrogens (primary N) is 1. The van der Waals surface area contributed by atoms with Gasteiger partial charge in [0.05, 0.1) is 18.6 Å². The summed E-state index contributed by atoms with van der Waals surface area (Å²) in [6.45, 7) is 5.65. The van der Waals surface area contributed by atoms with Gasteiger partial charge >= 0.3 is 5.97 Å². The maximum atomic E-state index is 11.3. The molecule has 0 bridgehead atoms. The van der Waals surface area contributed by atoms with Crippen LogP contribution in [0.1, 0.15) is 40.0 Å². The van der Waals surface area contributed by atoms with Crippen molar-refractivity contribution in [2.45, 2.75) is 57.8 Å². The molecule has 0 heterocycles. The largest absolute Gasteiger partial charge is 0.460 e. The van der Waals surface area contributed by atoms with Crippen LogP contribution in [0, 0.1) is 0 Å². The number of carbonyl (C=O) groups is 1. The second-order valence-electron chi connectivity index (χ2n) is 4.91. The zero-order chi connectivity index (χ0) is 12.8. The number of aliphatic hydroxyl groups is 2. The Hall–Kier alpha value is -0.360. The predicted octanol–water partition coefficient (Wildman–Crippen LogP) is 0.601. The van der Waals surface area contributed by atoms with Gasteiger partial charge in [0.15, 0.2) is 0 Å². The van der Waals surface area contributed by atoms with Crippen molar-refractivity contribution in [2.75, 3.05) is 6.54 Å². The number of carbonyl (C=O) groups excluding carboxylic acids is 1. The van der Waals surface area contributed by atoms with Gasteiger partial charge in [-0.25, -0.2) is 0 Å². The van der Waals surface area contributed by atoms with E-state index in [-0.39, 0.29) is 25.2 Å². The first-order valence-corrected chi connectivity index (χ1v) is 5.52. The highest BCUT2D eigenvalue weighted by Crippen LogP contribution is 2.11. The smallest absolute Gasteiger partial charge is 0.308 e. The van der Waals surface area contributed by atoms with Crippen LogP contribution in [0.2, 0.25) is 0 Å². The number of ether oxygens (including phenoxy) is 1. The first kappa shape index (κ1) is 19.0. The highest BCUT2D eigenvalue weighted by Gasteiger charge is 2.20. The van der Waals surface area contributed by atoms with E-state index in [2.05, 4.69) is 0 Å². The molecule has 4 N–H and O–H groups in total. The quantitative estimate of drug-likeness (QED) is 0.614. The molecule has 6 heteroatoms. The van der Waals surface area contributed by atoms with Crippen molar-refractivity contribution in [3.05, 3.63) is 0 Å². The maximum Gasteiger partial charge on any atom is 0.308 e. The van der Waals surface area contributed by atoms with E-state index in [0.29, 0.717) is 13.0 Å². The van der Waals surface area contributed by atoms with Crippen molar-refractivity contribution >= 4 is 18.4 Å². The molecule has 104 valence electrons. The molecule has 0 amide bonds. The molecule has 17 heavy (non-hydrogen) atoms. The van der Waals surface area contributed by atoms with E-state index in [9.17, 15) is 15.0 Å². The lowest BCUT2D eigenvalue weighted by Gasteiger charge is -2.21. The molecule has 2 atom stereocenters. The summed E-state index contributed by atoms with van der Waals surface area (Å²) in [4.78, 5) is 11.3. The summed E-state index contributed by atoms with van der Waals surface area (Å²) in [6, 6.07) is 0. The van der Waals surface area contributed by atoms with Crippen LogP contribution in [0.4, 0.5) is 0 Å². The molecule has 0 aromatic carbocycles. The van der Waals surface area contributed by atoms with E-state index < -0.39 is 23.8 Å². The fraction of sp³-hybridized carbons (Fsp3) is 0.909. The van der Waals surface area contributed by atoms with E-state index in [1.54, 1.807) is 20.8 Å².